The van der Waals surface area contributed by atoms with Crippen molar-refractivity contribution in [3.63, 3.8) is 0 Å². The van der Waals surface area contributed by atoms with Crippen molar-refractivity contribution in [3.05, 3.63) is 53.6 Å². The molecule has 194 valence electrons. The number of Topliss-reactive ketones (excluding diaryl/α,β-unsaturated/α-hetero) is 1. The molecule has 3 atom stereocenters. The third-order valence-electron chi connectivity index (χ3n) is 7.32. The van der Waals surface area contributed by atoms with Crippen molar-refractivity contribution in [3.8, 4) is 0 Å². The van der Waals surface area contributed by atoms with Crippen LogP contribution >= 0.6 is 0 Å². The van der Waals surface area contributed by atoms with Gasteiger partial charge in [0.05, 0.1) is 12.2 Å². The highest BCUT2D eigenvalue weighted by atomic mass is 28.4. The molecule has 0 aromatic heterocycles. The Bertz CT molecular complexity index is 907. The molecule has 0 heterocycles. The van der Waals surface area contributed by atoms with Crippen LogP contribution in [-0.2, 0) is 18.8 Å². The van der Waals surface area contributed by atoms with E-state index in [1.54, 1.807) is 0 Å². The number of aryl methyl sites for hydroxylation is 1. The molecule has 1 aliphatic carbocycles. The van der Waals surface area contributed by atoms with Gasteiger partial charge in [-0.1, -0.05) is 69.3 Å². The van der Waals surface area contributed by atoms with Crippen LogP contribution in [0.1, 0.15) is 77.8 Å². The molecule has 0 radical (unpaired) electrons. The van der Waals surface area contributed by atoms with Gasteiger partial charge in [0.15, 0.2) is 8.32 Å². The maximum atomic E-state index is 13.1. The first-order valence-corrected chi connectivity index (χ1v) is 16.0. The Morgan fingerprint density at radius 1 is 1.17 bits per heavy atom. The molecule has 1 aliphatic rings. The lowest BCUT2D eigenvalue weighted by Crippen LogP contribution is -2.45. The summed E-state index contributed by atoms with van der Waals surface area (Å²) >= 11 is 0. The summed E-state index contributed by atoms with van der Waals surface area (Å²) in [6.07, 6.45) is 11.6. The van der Waals surface area contributed by atoms with Gasteiger partial charge in [0.2, 0.25) is 0 Å². The number of carbonyl (C=O) groups is 2. The number of esters is 1. The minimum Gasteiger partial charge on any atom is -0.463 e. The second kappa shape index (κ2) is 12.8. The molecule has 2 rings (SSSR count). The molecule has 35 heavy (non-hydrogen) atoms. The number of unbranched alkanes of at least 4 members (excludes halogenated alkanes) is 1. The van der Waals surface area contributed by atoms with E-state index in [4.69, 9.17) is 9.16 Å². The Kier molecular flexibility index (Phi) is 10.7. The summed E-state index contributed by atoms with van der Waals surface area (Å²) in [5, 5.41) is 0.0923. The lowest BCUT2D eigenvalue weighted by Gasteiger charge is -2.39. The molecule has 1 aromatic carbocycles. The molecule has 0 aliphatic heterocycles. The number of benzene rings is 1. The maximum Gasteiger partial charge on any atom is 0.306 e. The van der Waals surface area contributed by atoms with Gasteiger partial charge in [-0.15, -0.1) is 0 Å². The van der Waals surface area contributed by atoms with Crippen LogP contribution in [0.5, 0.6) is 0 Å². The molecule has 0 unspecified atom stereocenters. The molecule has 4 nitrogen and oxygen atoms in total. The Morgan fingerprint density at radius 3 is 2.49 bits per heavy atom. The molecular weight excluding hydrogens is 452 g/mol. The van der Waals surface area contributed by atoms with E-state index in [2.05, 4.69) is 77.2 Å². The van der Waals surface area contributed by atoms with E-state index in [0.29, 0.717) is 25.0 Å². The third kappa shape index (κ3) is 8.87. The van der Waals surface area contributed by atoms with Crippen molar-refractivity contribution < 1.29 is 18.8 Å². The predicted molar refractivity (Wildman–Crippen MR) is 148 cm³/mol. The molecule has 1 aromatic rings. The second-order valence-electron chi connectivity index (χ2n) is 11.6. The number of ketones is 1. The number of hydrogen-bond donors (Lipinski definition) is 0. The van der Waals surface area contributed by atoms with Crippen molar-refractivity contribution in [2.75, 3.05) is 0 Å². The number of carbonyl (C=O) groups excluding carboxylic acids is 2. The summed E-state index contributed by atoms with van der Waals surface area (Å²) in [6, 6.07) is 8.32. The highest BCUT2D eigenvalue weighted by molar-refractivity contribution is 6.74. The molecule has 0 spiro atoms. The summed E-state index contributed by atoms with van der Waals surface area (Å²) in [4.78, 5) is 24.8. The molecule has 1 saturated carbocycles. The van der Waals surface area contributed by atoms with Gasteiger partial charge in [-0.05, 0) is 69.3 Å². The zero-order valence-corrected chi connectivity index (χ0v) is 24.1. The van der Waals surface area contributed by atoms with E-state index in [1.165, 1.54) is 11.1 Å². The average Bonchev–Trinajstić information content (AvgIpc) is 3.02. The van der Waals surface area contributed by atoms with Crippen molar-refractivity contribution >= 4 is 26.1 Å². The van der Waals surface area contributed by atoms with Crippen LogP contribution in [0.25, 0.3) is 6.08 Å². The summed E-state index contributed by atoms with van der Waals surface area (Å²) < 4.78 is 12.0. The quantitative estimate of drug-likeness (QED) is 0.136. The molecule has 0 bridgehead atoms. The number of ether oxygens (including phenoxy) is 1. The molecule has 5 heteroatoms. The van der Waals surface area contributed by atoms with Crippen molar-refractivity contribution in [1.82, 2.24) is 0 Å². The van der Waals surface area contributed by atoms with Crippen LogP contribution in [0.2, 0.25) is 18.1 Å². The Balaban J connectivity index is 2.11. The molecule has 0 N–H and O–H groups in total. The van der Waals surface area contributed by atoms with Gasteiger partial charge >= 0.3 is 5.97 Å². The zero-order chi connectivity index (χ0) is 26.2. The topological polar surface area (TPSA) is 52.6 Å². The van der Waals surface area contributed by atoms with E-state index in [-0.39, 0.29) is 35.1 Å². The standard InChI is InChI=1S/C30H46O4Si/c1-22(2)33-29(32)18-12-10-9-11-17-25-26(20-19-24-16-14-13-15-23(24)3)28(21-27(25)31)34-35(7,8)30(4,5)6/h9,11,13-16,19-20,22,25-26,28H,10,12,17-18,21H2,1-8H3/t25-,26-,28-/m1/s1. The van der Waals surface area contributed by atoms with Crippen LogP contribution in [-0.4, -0.2) is 32.3 Å². The molecule has 0 amide bonds. The Hall–Kier alpha value is -1.98. The second-order valence-corrected chi connectivity index (χ2v) is 16.4. The van der Waals surface area contributed by atoms with Crippen molar-refractivity contribution in [2.45, 2.75) is 104 Å². The van der Waals surface area contributed by atoms with E-state index >= 15 is 0 Å². The van der Waals surface area contributed by atoms with Crippen molar-refractivity contribution in [2.24, 2.45) is 11.8 Å². The van der Waals surface area contributed by atoms with E-state index < -0.39 is 8.32 Å². The van der Waals surface area contributed by atoms with Gasteiger partial charge in [0.25, 0.3) is 0 Å². The highest BCUT2D eigenvalue weighted by Gasteiger charge is 2.46. The summed E-state index contributed by atoms with van der Waals surface area (Å²) in [5.41, 5.74) is 2.41. The van der Waals surface area contributed by atoms with Gasteiger partial charge in [-0.25, -0.2) is 0 Å². The van der Waals surface area contributed by atoms with Crippen LogP contribution in [0, 0.1) is 18.8 Å². The largest absolute Gasteiger partial charge is 0.463 e. The van der Waals surface area contributed by atoms with Gasteiger partial charge in [0.1, 0.15) is 5.78 Å². The molecular formula is C30H46O4Si. The van der Waals surface area contributed by atoms with Crippen LogP contribution < -0.4 is 0 Å². The third-order valence-corrected chi connectivity index (χ3v) is 11.8. The Labute approximate surface area is 214 Å². The summed E-state index contributed by atoms with van der Waals surface area (Å²) in [5.74, 6) is 0.124. The van der Waals surface area contributed by atoms with E-state index in [1.807, 2.05) is 26.0 Å². The Morgan fingerprint density at radius 2 is 1.86 bits per heavy atom. The van der Waals surface area contributed by atoms with Crippen molar-refractivity contribution in [1.29, 1.82) is 0 Å². The number of rotatable bonds is 11. The smallest absolute Gasteiger partial charge is 0.306 e. The van der Waals surface area contributed by atoms with Gasteiger partial charge in [-0.2, -0.15) is 0 Å². The predicted octanol–water partition coefficient (Wildman–Crippen LogP) is 7.67. The molecule has 0 saturated heterocycles. The lowest BCUT2D eigenvalue weighted by molar-refractivity contribution is -0.147. The van der Waals surface area contributed by atoms with Gasteiger partial charge in [-0.3, -0.25) is 9.59 Å². The fraction of sp³-hybridized carbons (Fsp3) is 0.600. The first-order chi connectivity index (χ1) is 16.3. The normalized spacial score (nSPS) is 21.5. The SMILES string of the molecule is Cc1ccccc1C=C[C@H]1[C@H](O[Si](C)(C)C(C)(C)C)CC(=O)[C@@H]1CC=CCCCC(=O)OC(C)C. The summed E-state index contributed by atoms with van der Waals surface area (Å²) in [7, 11) is -2.01. The monoisotopic (exact) mass is 498 g/mol. The minimum atomic E-state index is -2.01. The molecule has 1 fully saturated rings. The first-order valence-electron chi connectivity index (χ1n) is 13.1. The first kappa shape index (κ1) is 29.2. The summed E-state index contributed by atoms with van der Waals surface area (Å²) in [6.45, 7) is 17.1. The van der Waals surface area contributed by atoms with E-state index in [9.17, 15) is 9.59 Å². The average molecular weight is 499 g/mol. The van der Waals surface area contributed by atoms with E-state index in [0.717, 1.165) is 12.8 Å². The lowest BCUT2D eigenvalue weighted by atomic mass is 9.90. The van der Waals surface area contributed by atoms with Crippen LogP contribution in [0.4, 0.5) is 0 Å². The fourth-order valence-electron chi connectivity index (χ4n) is 4.22. The van der Waals surface area contributed by atoms with Crippen LogP contribution in [0.3, 0.4) is 0 Å². The van der Waals surface area contributed by atoms with Gasteiger partial charge < -0.3 is 9.16 Å². The minimum absolute atomic E-state index is 0.0573. The fourth-order valence-corrected chi connectivity index (χ4v) is 5.57. The number of allylic oxidation sites excluding steroid dienone is 2. The van der Waals surface area contributed by atoms with Crippen LogP contribution in [0.15, 0.2) is 42.5 Å². The highest BCUT2D eigenvalue weighted by Crippen LogP contribution is 2.43. The van der Waals surface area contributed by atoms with Gasteiger partial charge in [0, 0.05) is 24.7 Å². The number of hydrogen-bond acceptors (Lipinski definition) is 4. The zero-order valence-electron chi connectivity index (χ0n) is 23.1. The maximum absolute atomic E-state index is 13.1.